The smallest absolute Gasteiger partial charge is 0.257 e. The minimum atomic E-state index is -0.370. The monoisotopic (exact) mass is 365 g/mol. The lowest BCUT2D eigenvalue weighted by Gasteiger charge is -2.32. The maximum absolute atomic E-state index is 12.9. The molecule has 1 aliphatic heterocycles. The molecule has 1 aromatic heterocycles. The third-order valence-electron chi connectivity index (χ3n) is 4.71. The zero-order valence-electron chi connectivity index (χ0n) is 14.2. The van der Waals surface area contributed by atoms with Crippen LogP contribution in [-0.2, 0) is 4.79 Å². The van der Waals surface area contributed by atoms with Crippen molar-refractivity contribution in [2.75, 3.05) is 11.1 Å². The lowest BCUT2D eigenvalue weighted by Crippen LogP contribution is -2.32. The molecule has 2 heterocycles. The van der Waals surface area contributed by atoms with Gasteiger partial charge in [-0.3, -0.25) is 9.59 Å². The van der Waals surface area contributed by atoms with Crippen molar-refractivity contribution in [3.8, 4) is 0 Å². The number of fused-ring (bicyclic) bond motifs is 1. The standard InChI is InChI=1S/C20H19N3O2S/c1-2-11-26-20-22-18-17(19(25)23-20)15(12-7-4-3-5-8-12)16-13(21-18)9-6-10-14(16)24/h2-5,7-8,15H,1,6,9-11H2,(H2,21,22,23,25). The molecule has 0 radical (unpaired) electrons. The van der Waals surface area contributed by atoms with E-state index in [0.717, 1.165) is 24.1 Å². The van der Waals surface area contributed by atoms with Crippen LogP contribution in [0.3, 0.4) is 0 Å². The van der Waals surface area contributed by atoms with Crippen molar-refractivity contribution < 1.29 is 4.79 Å². The van der Waals surface area contributed by atoms with Crippen LogP contribution in [-0.4, -0.2) is 21.5 Å². The molecule has 0 amide bonds. The van der Waals surface area contributed by atoms with E-state index in [1.54, 1.807) is 6.08 Å². The Bertz CT molecular complexity index is 963. The predicted molar refractivity (Wildman–Crippen MR) is 104 cm³/mol. The van der Waals surface area contributed by atoms with Gasteiger partial charge in [0.05, 0.1) is 5.56 Å². The number of carbonyl (C=O) groups is 1. The van der Waals surface area contributed by atoms with Gasteiger partial charge < -0.3 is 10.3 Å². The number of anilines is 1. The van der Waals surface area contributed by atoms with Crippen molar-refractivity contribution >= 4 is 23.4 Å². The van der Waals surface area contributed by atoms with Crippen LogP contribution >= 0.6 is 11.8 Å². The van der Waals surface area contributed by atoms with Gasteiger partial charge in [0.1, 0.15) is 5.82 Å². The van der Waals surface area contributed by atoms with E-state index in [-0.39, 0.29) is 17.3 Å². The van der Waals surface area contributed by atoms with E-state index in [4.69, 9.17) is 0 Å². The quantitative estimate of drug-likeness (QED) is 0.492. The molecular formula is C20H19N3O2S. The number of H-pyrrole nitrogens is 1. The van der Waals surface area contributed by atoms with E-state index in [1.807, 2.05) is 30.3 Å². The summed E-state index contributed by atoms with van der Waals surface area (Å²) in [6.07, 6.45) is 3.92. The van der Waals surface area contributed by atoms with Gasteiger partial charge >= 0.3 is 0 Å². The second kappa shape index (κ2) is 6.96. The largest absolute Gasteiger partial charge is 0.343 e. The first-order valence-corrected chi connectivity index (χ1v) is 9.63. The van der Waals surface area contributed by atoms with Crippen molar-refractivity contribution in [2.24, 2.45) is 0 Å². The number of aromatic nitrogens is 2. The first-order valence-electron chi connectivity index (χ1n) is 8.65. The third kappa shape index (κ3) is 2.90. The highest BCUT2D eigenvalue weighted by atomic mass is 32.2. The summed E-state index contributed by atoms with van der Waals surface area (Å²) in [5.74, 6) is 0.964. The molecule has 4 rings (SSSR count). The number of rotatable bonds is 4. The Morgan fingerprint density at radius 3 is 2.81 bits per heavy atom. The van der Waals surface area contributed by atoms with Crippen LogP contribution in [0.4, 0.5) is 5.82 Å². The summed E-state index contributed by atoms with van der Waals surface area (Å²) in [6, 6.07) is 9.72. The number of carbonyl (C=O) groups excluding carboxylic acids is 1. The molecule has 1 aromatic carbocycles. The number of thioether (sulfide) groups is 1. The summed E-state index contributed by atoms with van der Waals surface area (Å²) in [7, 11) is 0. The molecule has 0 fully saturated rings. The van der Waals surface area contributed by atoms with E-state index in [9.17, 15) is 9.59 Å². The number of aromatic amines is 1. The van der Waals surface area contributed by atoms with Crippen LogP contribution in [0.2, 0.25) is 0 Å². The number of ketones is 1. The van der Waals surface area contributed by atoms with E-state index in [1.165, 1.54) is 11.8 Å². The van der Waals surface area contributed by atoms with Gasteiger partial charge in [0, 0.05) is 29.4 Å². The summed E-state index contributed by atoms with van der Waals surface area (Å²) >= 11 is 1.43. The van der Waals surface area contributed by atoms with Gasteiger partial charge in [-0.2, -0.15) is 0 Å². The van der Waals surface area contributed by atoms with E-state index < -0.39 is 0 Å². The zero-order valence-corrected chi connectivity index (χ0v) is 15.1. The lowest BCUT2D eigenvalue weighted by molar-refractivity contribution is -0.116. The Balaban J connectivity index is 1.91. The average Bonchev–Trinajstić information content (AvgIpc) is 2.65. The Morgan fingerprint density at radius 2 is 2.04 bits per heavy atom. The Kier molecular flexibility index (Phi) is 4.51. The highest BCUT2D eigenvalue weighted by Gasteiger charge is 2.37. The maximum Gasteiger partial charge on any atom is 0.257 e. The SMILES string of the molecule is C=CCSc1nc2c(c(=O)[nH]1)C(c1ccccc1)C1=C(CCCC1=O)N2. The summed E-state index contributed by atoms with van der Waals surface area (Å²) in [6.45, 7) is 3.70. The number of benzene rings is 1. The molecule has 6 heteroatoms. The highest BCUT2D eigenvalue weighted by molar-refractivity contribution is 7.99. The van der Waals surface area contributed by atoms with Gasteiger partial charge in [-0.15, -0.1) is 6.58 Å². The zero-order chi connectivity index (χ0) is 18.1. The summed E-state index contributed by atoms with van der Waals surface area (Å²) in [4.78, 5) is 33.1. The van der Waals surface area contributed by atoms with Gasteiger partial charge in [-0.25, -0.2) is 4.98 Å². The van der Waals surface area contributed by atoms with Gasteiger partial charge in [-0.05, 0) is 18.4 Å². The molecule has 1 atom stereocenters. The van der Waals surface area contributed by atoms with Gasteiger partial charge in [0.2, 0.25) is 0 Å². The fourth-order valence-electron chi connectivity index (χ4n) is 3.63. The van der Waals surface area contributed by atoms with Crippen LogP contribution in [0, 0.1) is 0 Å². The van der Waals surface area contributed by atoms with Crippen molar-refractivity contribution in [3.63, 3.8) is 0 Å². The van der Waals surface area contributed by atoms with Crippen LogP contribution in [0.1, 0.15) is 36.3 Å². The molecule has 2 N–H and O–H groups in total. The normalized spacial score (nSPS) is 18.8. The molecule has 132 valence electrons. The second-order valence-corrected chi connectivity index (χ2v) is 7.38. The van der Waals surface area contributed by atoms with Crippen LogP contribution in [0.15, 0.2) is 64.2 Å². The van der Waals surface area contributed by atoms with E-state index in [0.29, 0.717) is 34.3 Å². The fourth-order valence-corrected chi connectivity index (χ4v) is 4.22. The highest BCUT2D eigenvalue weighted by Crippen LogP contribution is 2.43. The maximum atomic E-state index is 12.9. The van der Waals surface area contributed by atoms with Gasteiger partial charge in [0.15, 0.2) is 10.9 Å². The molecular weight excluding hydrogens is 346 g/mol. The van der Waals surface area contributed by atoms with Gasteiger partial charge in [-0.1, -0.05) is 48.2 Å². The average molecular weight is 365 g/mol. The molecule has 2 aromatic rings. The summed E-state index contributed by atoms with van der Waals surface area (Å²) in [5.41, 5.74) is 2.88. The molecule has 0 bridgehead atoms. The third-order valence-corrected chi connectivity index (χ3v) is 5.58. The van der Waals surface area contributed by atoms with Crippen molar-refractivity contribution in [2.45, 2.75) is 30.3 Å². The van der Waals surface area contributed by atoms with E-state index >= 15 is 0 Å². The molecule has 5 nitrogen and oxygen atoms in total. The number of Topliss-reactive ketones (excluding diaryl/α,β-unsaturated/α-hetero) is 1. The predicted octanol–water partition coefficient (Wildman–Crippen LogP) is 3.61. The molecule has 0 saturated heterocycles. The number of nitrogens with one attached hydrogen (secondary N) is 2. The first kappa shape index (κ1) is 16.8. The molecule has 2 aliphatic rings. The molecule has 0 spiro atoms. The summed E-state index contributed by atoms with van der Waals surface area (Å²) in [5, 5.41) is 3.83. The molecule has 1 unspecified atom stereocenters. The first-order chi connectivity index (χ1) is 12.7. The Morgan fingerprint density at radius 1 is 1.23 bits per heavy atom. The summed E-state index contributed by atoms with van der Waals surface area (Å²) < 4.78 is 0. The second-order valence-electron chi connectivity index (χ2n) is 6.37. The molecule has 1 aliphatic carbocycles. The van der Waals surface area contributed by atoms with Crippen LogP contribution < -0.4 is 10.9 Å². The van der Waals surface area contributed by atoms with Crippen LogP contribution in [0.5, 0.6) is 0 Å². The van der Waals surface area contributed by atoms with Crippen LogP contribution in [0.25, 0.3) is 0 Å². The number of allylic oxidation sites excluding steroid dienone is 2. The number of hydrogen-bond acceptors (Lipinski definition) is 5. The minimum absolute atomic E-state index is 0.114. The minimum Gasteiger partial charge on any atom is -0.343 e. The van der Waals surface area contributed by atoms with Crippen molar-refractivity contribution in [3.05, 3.63) is 75.7 Å². The Hall–Kier alpha value is -2.60. The van der Waals surface area contributed by atoms with Crippen molar-refractivity contribution in [1.82, 2.24) is 9.97 Å². The van der Waals surface area contributed by atoms with Gasteiger partial charge in [0.25, 0.3) is 5.56 Å². The van der Waals surface area contributed by atoms with Crippen molar-refractivity contribution in [1.29, 1.82) is 0 Å². The molecule has 26 heavy (non-hydrogen) atoms. The number of nitrogens with zero attached hydrogens (tertiary/aromatic N) is 1. The topological polar surface area (TPSA) is 74.8 Å². The fraction of sp³-hybridized carbons (Fsp3) is 0.250. The van der Waals surface area contributed by atoms with E-state index in [2.05, 4.69) is 21.9 Å². The Labute approximate surface area is 155 Å². The molecule has 0 saturated carbocycles. The lowest BCUT2D eigenvalue weighted by atomic mass is 9.76. The number of hydrogen-bond donors (Lipinski definition) is 2.